The number of rotatable bonds is 6. The Hall–Kier alpha value is -0.940. The predicted molar refractivity (Wildman–Crippen MR) is 85.3 cm³/mol. The number of ether oxygens (including phenoxy) is 1. The van der Waals surface area contributed by atoms with Crippen molar-refractivity contribution in [3.8, 4) is 11.8 Å². The van der Waals surface area contributed by atoms with Crippen molar-refractivity contribution in [2.75, 3.05) is 12.9 Å². The number of nitrogens with one attached hydrogen (secondary N) is 1. The van der Waals surface area contributed by atoms with Crippen LogP contribution in [0.1, 0.15) is 12.5 Å². The van der Waals surface area contributed by atoms with Crippen molar-refractivity contribution >= 4 is 40.3 Å². The Labute approximate surface area is 131 Å². The van der Waals surface area contributed by atoms with Gasteiger partial charge in [-0.1, -0.05) is 12.1 Å². The third-order valence-corrected chi connectivity index (χ3v) is 4.86. The Morgan fingerprint density at radius 2 is 2.16 bits per heavy atom. The maximum atomic E-state index is 11.0. The Morgan fingerprint density at radius 1 is 1.53 bits per heavy atom. The maximum absolute atomic E-state index is 11.0. The van der Waals surface area contributed by atoms with Gasteiger partial charge in [0.1, 0.15) is 11.8 Å². The molecule has 1 N–H and O–H groups in total. The van der Waals surface area contributed by atoms with Crippen molar-refractivity contribution in [1.82, 2.24) is 5.32 Å². The fourth-order valence-electron chi connectivity index (χ4n) is 1.41. The zero-order chi connectivity index (χ0) is 14.3. The molecule has 1 unspecified atom stereocenters. The van der Waals surface area contributed by atoms with Crippen LogP contribution in [0.4, 0.5) is 0 Å². The summed E-state index contributed by atoms with van der Waals surface area (Å²) in [4.78, 5) is 11.0. The number of hydrogen-bond donors (Lipinski definition) is 1. The second-order valence-electron chi connectivity index (χ2n) is 3.94. The van der Waals surface area contributed by atoms with Crippen LogP contribution in [-0.4, -0.2) is 22.3 Å². The van der Waals surface area contributed by atoms with Gasteiger partial charge in [-0.2, -0.15) is 17.0 Å². The van der Waals surface area contributed by atoms with Gasteiger partial charge in [-0.25, -0.2) is 0 Å². The van der Waals surface area contributed by atoms with E-state index in [-0.39, 0.29) is 5.91 Å². The van der Waals surface area contributed by atoms with Crippen LogP contribution < -0.4 is 10.1 Å². The number of amides is 1. The minimum absolute atomic E-state index is 0.194. The van der Waals surface area contributed by atoms with E-state index in [1.54, 1.807) is 18.9 Å². The number of thioether (sulfide) groups is 1. The SMILES string of the molecule is COc1ccc(CSCC(I)(C#N)NC(C)=O)cc1. The molecule has 1 atom stereocenters. The number of carbonyl (C=O) groups excluding carboxylic acids is 1. The monoisotopic (exact) mass is 390 g/mol. The van der Waals surface area contributed by atoms with Gasteiger partial charge in [-0.05, 0) is 40.3 Å². The quantitative estimate of drug-likeness (QED) is 0.461. The van der Waals surface area contributed by atoms with Crippen LogP contribution in [0.5, 0.6) is 5.75 Å². The van der Waals surface area contributed by atoms with Crippen molar-refractivity contribution < 1.29 is 9.53 Å². The van der Waals surface area contributed by atoms with Crippen LogP contribution in [0.2, 0.25) is 0 Å². The second-order valence-corrected chi connectivity index (χ2v) is 6.76. The van der Waals surface area contributed by atoms with Crippen molar-refractivity contribution in [1.29, 1.82) is 5.26 Å². The number of nitrogens with zero attached hydrogens (tertiary/aromatic N) is 1. The smallest absolute Gasteiger partial charge is 0.218 e. The van der Waals surface area contributed by atoms with E-state index in [0.717, 1.165) is 17.1 Å². The molecule has 0 aromatic heterocycles. The van der Waals surface area contributed by atoms with Gasteiger partial charge in [-0.3, -0.25) is 4.79 Å². The third-order valence-electron chi connectivity index (χ3n) is 2.28. The van der Waals surface area contributed by atoms with Crippen molar-refractivity contribution in [3.05, 3.63) is 29.8 Å². The molecule has 1 aromatic rings. The molecule has 1 aromatic carbocycles. The molecule has 0 aliphatic carbocycles. The summed E-state index contributed by atoms with van der Waals surface area (Å²) in [7, 11) is 1.63. The molecular weight excluding hydrogens is 375 g/mol. The molecule has 6 heteroatoms. The summed E-state index contributed by atoms with van der Waals surface area (Å²) in [5.74, 6) is 1.96. The number of benzene rings is 1. The number of hydrogen-bond acceptors (Lipinski definition) is 4. The van der Waals surface area contributed by atoms with E-state index in [2.05, 4.69) is 11.4 Å². The second kappa shape index (κ2) is 7.60. The van der Waals surface area contributed by atoms with E-state index in [1.807, 2.05) is 46.9 Å². The molecule has 0 aliphatic rings. The Kier molecular flexibility index (Phi) is 6.45. The predicted octanol–water partition coefficient (Wildman–Crippen LogP) is 2.72. The molecule has 0 fully saturated rings. The van der Waals surface area contributed by atoms with E-state index in [0.29, 0.717) is 5.75 Å². The van der Waals surface area contributed by atoms with Gasteiger partial charge < -0.3 is 10.1 Å². The zero-order valence-corrected chi connectivity index (χ0v) is 13.7. The number of halogens is 1. The van der Waals surface area contributed by atoms with Crippen LogP contribution in [0.3, 0.4) is 0 Å². The maximum Gasteiger partial charge on any atom is 0.218 e. The highest BCUT2D eigenvalue weighted by atomic mass is 127. The molecule has 1 rings (SSSR count). The largest absolute Gasteiger partial charge is 0.497 e. The number of carbonyl (C=O) groups is 1. The fraction of sp³-hybridized carbons (Fsp3) is 0.385. The number of alkyl halides is 1. The first kappa shape index (κ1) is 16.1. The molecule has 0 spiro atoms. The van der Waals surface area contributed by atoms with E-state index in [1.165, 1.54) is 6.92 Å². The lowest BCUT2D eigenvalue weighted by Crippen LogP contribution is -2.43. The van der Waals surface area contributed by atoms with Gasteiger partial charge in [-0.15, -0.1) is 0 Å². The first-order valence-electron chi connectivity index (χ1n) is 5.58. The topological polar surface area (TPSA) is 62.1 Å². The van der Waals surface area contributed by atoms with Crippen LogP contribution >= 0.6 is 34.4 Å². The van der Waals surface area contributed by atoms with Gasteiger partial charge in [0.05, 0.1) is 7.11 Å². The lowest BCUT2D eigenvalue weighted by Gasteiger charge is -2.19. The summed E-state index contributed by atoms with van der Waals surface area (Å²) < 4.78 is 4.24. The van der Waals surface area contributed by atoms with E-state index >= 15 is 0 Å². The summed E-state index contributed by atoms with van der Waals surface area (Å²) in [6.45, 7) is 1.42. The van der Waals surface area contributed by atoms with E-state index in [9.17, 15) is 4.79 Å². The summed E-state index contributed by atoms with van der Waals surface area (Å²) in [6, 6.07) is 9.93. The van der Waals surface area contributed by atoms with Crippen LogP contribution in [0.25, 0.3) is 0 Å². The molecule has 0 radical (unpaired) electrons. The van der Waals surface area contributed by atoms with Gasteiger partial charge in [0.2, 0.25) is 5.91 Å². The van der Waals surface area contributed by atoms with Crippen LogP contribution in [-0.2, 0) is 10.5 Å². The van der Waals surface area contributed by atoms with Gasteiger partial charge in [0, 0.05) is 18.4 Å². The molecule has 0 aliphatic heterocycles. The minimum atomic E-state index is -0.846. The number of methoxy groups -OCH3 is 1. The Balaban J connectivity index is 2.48. The highest BCUT2D eigenvalue weighted by Crippen LogP contribution is 2.24. The third kappa shape index (κ3) is 5.70. The Morgan fingerprint density at radius 3 is 2.63 bits per heavy atom. The van der Waals surface area contributed by atoms with E-state index < -0.39 is 3.55 Å². The first-order valence-corrected chi connectivity index (χ1v) is 7.82. The first-order chi connectivity index (χ1) is 8.99. The average molecular weight is 390 g/mol. The van der Waals surface area contributed by atoms with Gasteiger partial charge >= 0.3 is 0 Å². The molecule has 19 heavy (non-hydrogen) atoms. The molecule has 0 saturated carbocycles. The summed E-state index contributed by atoms with van der Waals surface area (Å²) in [6.07, 6.45) is 0. The molecule has 1 amide bonds. The molecule has 0 heterocycles. The van der Waals surface area contributed by atoms with Crippen LogP contribution in [0.15, 0.2) is 24.3 Å². The molecule has 0 saturated heterocycles. The fourth-order valence-corrected chi connectivity index (χ4v) is 3.40. The minimum Gasteiger partial charge on any atom is -0.497 e. The zero-order valence-electron chi connectivity index (χ0n) is 10.8. The van der Waals surface area contributed by atoms with Gasteiger partial charge in [0.25, 0.3) is 0 Å². The molecule has 0 bridgehead atoms. The molecular formula is C13H15IN2O2S. The van der Waals surface area contributed by atoms with E-state index in [4.69, 9.17) is 10.00 Å². The summed E-state index contributed by atoms with van der Waals surface area (Å²) >= 11 is 3.58. The Bertz CT molecular complexity index is 473. The van der Waals surface area contributed by atoms with Gasteiger partial charge in [0.15, 0.2) is 3.55 Å². The highest BCUT2D eigenvalue weighted by molar-refractivity contribution is 14.1. The lowest BCUT2D eigenvalue weighted by molar-refractivity contribution is -0.119. The normalized spacial score (nSPS) is 13.2. The average Bonchev–Trinajstić information content (AvgIpc) is 2.38. The van der Waals surface area contributed by atoms with Crippen molar-refractivity contribution in [2.24, 2.45) is 0 Å². The van der Waals surface area contributed by atoms with Crippen molar-refractivity contribution in [2.45, 2.75) is 16.2 Å². The number of nitriles is 1. The molecule has 102 valence electrons. The lowest BCUT2D eigenvalue weighted by atomic mass is 10.2. The van der Waals surface area contributed by atoms with Crippen molar-refractivity contribution in [3.63, 3.8) is 0 Å². The summed E-state index contributed by atoms with van der Waals surface area (Å²) in [5.41, 5.74) is 1.16. The van der Waals surface area contributed by atoms with Crippen LogP contribution in [0, 0.1) is 11.3 Å². The standard InChI is InChI=1S/C13H15IN2O2S/c1-10(17)16-13(14,8-15)9-19-7-11-3-5-12(18-2)6-4-11/h3-6H,7,9H2,1-2H3,(H,16,17). The highest BCUT2D eigenvalue weighted by Gasteiger charge is 2.26. The summed E-state index contributed by atoms with van der Waals surface area (Å²) in [5, 5.41) is 11.8. The molecule has 4 nitrogen and oxygen atoms in total.